The Morgan fingerprint density at radius 1 is 0.658 bits per heavy atom. The Hall–Kier alpha value is -1.43. The third-order valence-corrected chi connectivity index (χ3v) is 20.8. The molecule has 8 aliphatic rings. The van der Waals surface area contributed by atoms with Crippen LogP contribution in [0.15, 0.2) is 11.6 Å². The predicted octanol–water partition coefficient (Wildman–Crippen LogP) is -1.72. The SMILES string of the molecule is C[C@H](CC[C@@H](O[C@@H]1O[C@H](C)[C@@H](O)[C@H](O)[C@H]1O[C@H]1O[C@@H](CO)[C@H](O)[C@@H](O)[C@@H]1O)C(C)(C)O)C1CC[C@@]2(C)C3CC=C4C(CC[C@H](O[C@@H]5O[C@H](CO)C([C@@H]6O[C@H](CO)[C@@H](O)[C@H](O)[C@H]6O)[C@H](O)[C@H]5O)C4(C)C)[C@]3(C)C(=O)C[C@]12C. The van der Waals surface area contributed by atoms with Gasteiger partial charge in [-0.2, -0.15) is 0 Å². The second kappa shape index (κ2) is 22.4. The molecule has 0 bridgehead atoms. The Kier molecular flexibility index (Phi) is 17.9. The summed E-state index contributed by atoms with van der Waals surface area (Å²) in [6, 6.07) is 0. The van der Waals surface area contributed by atoms with Crippen LogP contribution in [0.25, 0.3) is 0 Å². The molecule has 4 aliphatic heterocycles. The van der Waals surface area contributed by atoms with E-state index in [-0.39, 0.29) is 34.9 Å². The molecule has 22 nitrogen and oxygen atoms in total. The Bertz CT molecular complexity index is 2030. The van der Waals surface area contributed by atoms with Crippen LogP contribution in [0.1, 0.15) is 114 Å². The number of hydrogen-bond donors (Lipinski definition) is 14. The second-order valence-corrected chi connectivity index (χ2v) is 25.7. The van der Waals surface area contributed by atoms with E-state index in [1.165, 1.54) is 6.92 Å². The minimum atomic E-state index is -1.81. The van der Waals surface area contributed by atoms with E-state index < -0.39 is 176 Å². The molecule has 7 fully saturated rings. The monoisotopic (exact) mass is 1090 g/mol. The largest absolute Gasteiger partial charge is 0.394 e. The third kappa shape index (κ3) is 10.1. The van der Waals surface area contributed by atoms with Crippen LogP contribution in [0.4, 0.5) is 0 Å². The molecule has 438 valence electrons. The van der Waals surface area contributed by atoms with Gasteiger partial charge < -0.3 is 105 Å². The standard InChI is InChI=1S/C54H90O22/c1-22(10-14-33(51(5,6)69)75-49-46(41(65)35(59)23(2)70-49)76-48-44(68)40(64)37(61)29(21-57)73-48)24-16-17-52(7)30-13-11-25-26(54(30,9)31(58)18-53(24,52)8)12-15-32(50(25,3)4)74-47-43(67)38(62)34(27(19-55)72-47)45-42(66)39(63)36(60)28(20-56)71-45/h11,22-24,26-30,32-49,55-57,59-69H,10,12-21H2,1-9H3/t22-,23-,24?,26?,27-,28-,29+,30?,32+,33-,34?,35-,36-,37+,38+,39+,40-,41+,42-,43-,44+,45+,46-,47+,48-,49+,52+,53-,54+/m1/s1. The lowest BCUT2D eigenvalue weighted by atomic mass is 9.38. The molecule has 22 heteroatoms. The van der Waals surface area contributed by atoms with Crippen LogP contribution < -0.4 is 0 Å². The maximum absolute atomic E-state index is 15.2. The highest BCUT2D eigenvalue weighted by atomic mass is 16.8. The predicted molar refractivity (Wildman–Crippen MR) is 264 cm³/mol. The molecule has 4 unspecified atom stereocenters. The summed E-state index contributed by atoms with van der Waals surface area (Å²) in [7, 11) is 0. The summed E-state index contributed by atoms with van der Waals surface area (Å²) in [6.07, 6.45) is -23.5. The Labute approximate surface area is 444 Å². The fourth-order valence-corrected chi connectivity index (χ4v) is 15.8. The van der Waals surface area contributed by atoms with Gasteiger partial charge >= 0.3 is 0 Å². The number of carbonyl (C=O) groups excluding carboxylic acids is 1. The molecule has 4 saturated heterocycles. The highest BCUT2D eigenvalue weighted by Gasteiger charge is 2.71. The van der Waals surface area contributed by atoms with Crippen molar-refractivity contribution in [3.63, 3.8) is 0 Å². The van der Waals surface area contributed by atoms with Crippen LogP contribution in [-0.2, 0) is 38.0 Å². The molecule has 0 spiro atoms. The number of allylic oxidation sites excluding steroid dienone is 1. The molecule has 4 aliphatic carbocycles. The van der Waals surface area contributed by atoms with Crippen LogP contribution in [0.3, 0.4) is 0 Å². The summed E-state index contributed by atoms with van der Waals surface area (Å²) in [5, 5.41) is 150. The number of aliphatic hydroxyl groups excluding tert-OH is 13. The van der Waals surface area contributed by atoms with Gasteiger partial charge in [-0.3, -0.25) is 4.79 Å². The number of hydrogen-bond acceptors (Lipinski definition) is 22. The van der Waals surface area contributed by atoms with E-state index in [1.807, 2.05) is 13.8 Å². The van der Waals surface area contributed by atoms with Crippen LogP contribution in [-0.4, -0.2) is 231 Å². The maximum Gasteiger partial charge on any atom is 0.187 e. The summed E-state index contributed by atoms with van der Waals surface area (Å²) >= 11 is 0. The molecule has 14 N–H and O–H groups in total. The van der Waals surface area contributed by atoms with Gasteiger partial charge in [0.25, 0.3) is 0 Å². The molecule has 0 radical (unpaired) electrons. The highest BCUT2D eigenvalue weighted by molar-refractivity contribution is 5.88. The number of fused-ring (bicyclic) bond motifs is 5. The van der Waals surface area contributed by atoms with Gasteiger partial charge in [0.1, 0.15) is 79.0 Å². The second-order valence-electron chi connectivity index (χ2n) is 25.7. The van der Waals surface area contributed by atoms with Crippen molar-refractivity contribution >= 4 is 5.78 Å². The molecule has 0 aromatic carbocycles. The molecule has 0 aromatic heterocycles. The van der Waals surface area contributed by atoms with E-state index in [0.29, 0.717) is 38.5 Å². The quantitative estimate of drug-likeness (QED) is 0.0811. The third-order valence-electron chi connectivity index (χ3n) is 20.8. The van der Waals surface area contributed by atoms with Gasteiger partial charge in [-0.25, -0.2) is 0 Å². The summed E-state index contributed by atoms with van der Waals surface area (Å²) in [5.41, 5.74) is -2.41. The van der Waals surface area contributed by atoms with Crippen molar-refractivity contribution in [3.05, 3.63) is 11.6 Å². The topological polar surface area (TPSA) is 365 Å². The smallest absolute Gasteiger partial charge is 0.187 e. The lowest BCUT2D eigenvalue weighted by Crippen LogP contribution is -2.67. The number of ether oxygens (including phenoxy) is 7. The van der Waals surface area contributed by atoms with Gasteiger partial charge in [-0.1, -0.05) is 53.2 Å². The molecular formula is C54H90O22. The Balaban J connectivity index is 0.949. The number of carbonyl (C=O) groups is 1. The van der Waals surface area contributed by atoms with E-state index in [4.69, 9.17) is 33.2 Å². The van der Waals surface area contributed by atoms with Crippen molar-refractivity contribution < 1.29 is 109 Å². The van der Waals surface area contributed by atoms with Crippen molar-refractivity contribution in [2.75, 3.05) is 19.8 Å². The summed E-state index contributed by atoms with van der Waals surface area (Å²) < 4.78 is 42.4. The first-order chi connectivity index (χ1) is 35.4. The van der Waals surface area contributed by atoms with E-state index in [9.17, 15) is 71.5 Å². The normalized spacial score (nSPS) is 51.5. The van der Waals surface area contributed by atoms with Gasteiger partial charge in [0.05, 0.1) is 62.0 Å². The van der Waals surface area contributed by atoms with Crippen LogP contribution in [0, 0.1) is 51.2 Å². The highest BCUT2D eigenvalue weighted by Crippen LogP contribution is 2.74. The van der Waals surface area contributed by atoms with Gasteiger partial charge in [0.2, 0.25) is 0 Å². The van der Waals surface area contributed by atoms with Gasteiger partial charge in [0, 0.05) is 23.2 Å². The van der Waals surface area contributed by atoms with E-state index in [2.05, 4.69) is 33.8 Å². The average molecular weight is 1090 g/mol. The van der Waals surface area contributed by atoms with Crippen molar-refractivity contribution in [2.45, 2.75) is 248 Å². The lowest BCUT2D eigenvalue weighted by Gasteiger charge is -2.65. The number of Topliss-reactive ketones (excluding diaryl/α,β-unsaturated/α-hetero) is 1. The molecule has 29 atom stereocenters. The first kappa shape index (κ1) is 60.7. The van der Waals surface area contributed by atoms with Crippen molar-refractivity contribution in [3.8, 4) is 0 Å². The summed E-state index contributed by atoms with van der Waals surface area (Å²) in [6.45, 7) is 15.6. The summed E-state index contributed by atoms with van der Waals surface area (Å²) in [4.78, 5) is 15.2. The number of ketones is 1. The zero-order valence-corrected chi connectivity index (χ0v) is 45.4. The molecule has 8 rings (SSSR count). The van der Waals surface area contributed by atoms with Gasteiger partial charge in [-0.05, 0) is 100 Å². The zero-order chi connectivity index (χ0) is 56.1. The van der Waals surface area contributed by atoms with Crippen LogP contribution >= 0.6 is 0 Å². The fraction of sp³-hybridized carbons (Fsp3) is 0.944. The molecule has 76 heavy (non-hydrogen) atoms. The van der Waals surface area contributed by atoms with Crippen LogP contribution in [0.2, 0.25) is 0 Å². The Morgan fingerprint density at radius 3 is 1.86 bits per heavy atom. The minimum Gasteiger partial charge on any atom is -0.394 e. The van der Waals surface area contributed by atoms with E-state index in [0.717, 1.165) is 18.4 Å². The van der Waals surface area contributed by atoms with Gasteiger partial charge in [0.15, 0.2) is 18.9 Å². The van der Waals surface area contributed by atoms with E-state index in [1.54, 1.807) is 13.8 Å². The molecule has 4 heterocycles. The zero-order valence-electron chi connectivity index (χ0n) is 45.4. The van der Waals surface area contributed by atoms with Crippen LogP contribution in [0.5, 0.6) is 0 Å². The lowest BCUT2D eigenvalue weighted by molar-refractivity contribution is -0.373. The van der Waals surface area contributed by atoms with Crippen molar-refractivity contribution in [1.82, 2.24) is 0 Å². The maximum atomic E-state index is 15.2. The van der Waals surface area contributed by atoms with E-state index >= 15 is 4.79 Å². The molecule has 0 amide bonds. The first-order valence-corrected chi connectivity index (χ1v) is 27.6. The van der Waals surface area contributed by atoms with Gasteiger partial charge in [-0.15, -0.1) is 0 Å². The number of aliphatic hydroxyl groups is 14. The van der Waals surface area contributed by atoms with Crippen molar-refractivity contribution in [2.24, 2.45) is 51.2 Å². The number of rotatable bonds is 15. The fourth-order valence-electron chi connectivity index (χ4n) is 15.8. The molecular weight excluding hydrogens is 1000 g/mol. The first-order valence-electron chi connectivity index (χ1n) is 27.6. The average Bonchev–Trinajstić information content (AvgIpc) is 3.65. The summed E-state index contributed by atoms with van der Waals surface area (Å²) in [5.74, 6) is -1.02. The van der Waals surface area contributed by atoms with Crippen molar-refractivity contribution in [1.29, 1.82) is 0 Å². The molecule has 3 saturated carbocycles. The molecule has 0 aromatic rings. The Morgan fingerprint density at radius 2 is 1.24 bits per heavy atom. The minimum absolute atomic E-state index is 0.00841.